The highest BCUT2D eigenvalue weighted by Gasteiger charge is 2.14. The third-order valence-corrected chi connectivity index (χ3v) is 2.46. The average molecular weight is 248 g/mol. The largest absolute Gasteiger partial charge is 0.495 e. The number of hydrogen-bond acceptors (Lipinski definition) is 5. The van der Waals surface area contributed by atoms with Crippen LogP contribution in [-0.4, -0.2) is 26.2 Å². The zero-order valence-electron chi connectivity index (χ0n) is 10.7. The molecule has 0 aliphatic carbocycles. The van der Waals surface area contributed by atoms with Gasteiger partial charge in [-0.2, -0.15) is 5.26 Å². The maximum atomic E-state index is 11.2. The van der Waals surface area contributed by atoms with Crippen molar-refractivity contribution in [1.29, 1.82) is 5.26 Å². The minimum absolute atomic E-state index is 0.152. The van der Waals surface area contributed by atoms with Crippen LogP contribution >= 0.6 is 0 Å². The average Bonchev–Trinajstić information content (AvgIpc) is 2.38. The molecular formula is C13H16N2O3. The summed E-state index contributed by atoms with van der Waals surface area (Å²) in [5, 5.41) is 12.1. The normalized spacial score (nSPS) is 11.2. The lowest BCUT2D eigenvalue weighted by Crippen LogP contribution is -2.21. The Morgan fingerprint density at radius 3 is 2.78 bits per heavy atom. The molecule has 0 bridgehead atoms. The van der Waals surface area contributed by atoms with Crippen molar-refractivity contribution in [1.82, 2.24) is 0 Å². The number of rotatable bonds is 5. The maximum Gasteiger partial charge on any atom is 0.307 e. The first kappa shape index (κ1) is 13.8. The summed E-state index contributed by atoms with van der Waals surface area (Å²) in [6, 6.07) is 7.12. The number of carbonyl (C=O) groups excluding carboxylic acids is 1. The van der Waals surface area contributed by atoms with Crippen molar-refractivity contribution in [2.24, 2.45) is 0 Å². The van der Waals surface area contributed by atoms with Crippen LogP contribution in [0, 0.1) is 11.3 Å². The second kappa shape index (κ2) is 6.50. The molecule has 1 aromatic carbocycles. The van der Waals surface area contributed by atoms with Crippen molar-refractivity contribution >= 4 is 11.7 Å². The van der Waals surface area contributed by atoms with Gasteiger partial charge >= 0.3 is 5.97 Å². The van der Waals surface area contributed by atoms with E-state index >= 15 is 0 Å². The molecule has 96 valence electrons. The molecule has 18 heavy (non-hydrogen) atoms. The van der Waals surface area contributed by atoms with Gasteiger partial charge in [-0.3, -0.25) is 4.79 Å². The summed E-state index contributed by atoms with van der Waals surface area (Å²) in [7, 11) is 2.88. The van der Waals surface area contributed by atoms with E-state index in [1.54, 1.807) is 18.2 Å². The lowest BCUT2D eigenvalue weighted by molar-refractivity contribution is -0.140. The topological polar surface area (TPSA) is 71.3 Å². The first-order valence-electron chi connectivity index (χ1n) is 5.52. The lowest BCUT2D eigenvalue weighted by Gasteiger charge is -2.17. The molecule has 0 saturated carbocycles. The SMILES string of the molecule is COC(=O)CC(C)Nc1c(C#N)cccc1OC. The summed E-state index contributed by atoms with van der Waals surface area (Å²) < 4.78 is 9.79. The third kappa shape index (κ3) is 3.39. The number of nitrogens with one attached hydrogen (secondary N) is 1. The highest BCUT2D eigenvalue weighted by Crippen LogP contribution is 2.28. The summed E-state index contributed by atoms with van der Waals surface area (Å²) >= 11 is 0. The second-order valence-electron chi connectivity index (χ2n) is 3.82. The predicted molar refractivity (Wildman–Crippen MR) is 67.4 cm³/mol. The van der Waals surface area contributed by atoms with Gasteiger partial charge in [0.1, 0.15) is 11.8 Å². The Balaban J connectivity index is 2.89. The van der Waals surface area contributed by atoms with Crippen molar-refractivity contribution in [2.45, 2.75) is 19.4 Å². The number of anilines is 1. The minimum Gasteiger partial charge on any atom is -0.495 e. The number of methoxy groups -OCH3 is 2. The molecular weight excluding hydrogens is 232 g/mol. The zero-order chi connectivity index (χ0) is 13.5. The van der Waals surface area contributed by atoms with E-state index in [0.717, 1.165) is 0 Å². The molecule has 0 radical (unpaired) electrons. The van der Waals surface area contributed by atoms with Gasteiger partial charge in [0.15, 0.2) is 0 Å². The fourth-order valence-corrected chi connectivity index (χ4v) is 1.57. The van der Waals surface area contributed by atoms with Crippen molar-refractivity contribution in [3.8, 4) is 11.8 Å². The summed E-state index contributed by atoms with van der Waals surface area (Å²) in [5.74, 6) is 0.272. The van der Waals surface area contributed by atoms with Crippen molar-refractivity contribution < 1.29 is 14.3 Å². The van der Waals surface area contributed by atoms with E-state index in [1.165, 1.54) is 14.2 Å². The zero-order valence-corrected chi connectivity index (χ0v) is 10.7. The van der Waals surface area contributed by atoms with E-state index in [-0.39, 0.29) is 18.4 Å². The number of hydrogen-bond donors (Lipinski definition) is 1. The number of nitriles is 1. The van der Waals surface area contributed by atoms with E-state index in [0.29, 0.717) is 17.0 Å². The van der Waals surface area contributed by atoms with Gasteiger partial charge < -0.3 is 14.8 Å². The smallest absolute Gasteiger partial charge is 0.307 e. The molecule has 1 rings (SSSR count). The van der Waals surface area contributed by atoms with Crippen molar-refractivity contribution in [2.75, 3.05) is 19.5 Å². The fourth-order valence-electron chi connectivity index (χ4n) is 1.57. The highest BCUT2D eigenvalue weighted by molar-refractivity contribution is 5.72. The summed E-state index contributed by atoms with van der Waals surface area (Å²) in [4.78, 5) is 11.2. The first-order valence-corrected chi connectivity index (χ1v) is 5.52. The molecule has 0 aliphatic heterocycles. The Morgan fingerprint density at radius 1 is 1.50 bits per heavy atom. The number of carbonyl (C=O) groups is 1. The molecule has 1 aromatic rings. The van der Waals surface area contributed by atoms with Gasteiger partial charge in [0.05, 0.1) is 31.9 Å². The van der Waals surface area contributed by atoms with Crippen molar-refractivity contribution in [3.05, 3.63) is 23.8 Å². The fraction of sp³-hybridized carbons (Fsp3) is 0.385. The van der Waals surface area contributed by atoms with Crippen LogP contribution in [-0.2, 0) is 9.53 Å². The van der Waals surface area contributed by atoms with Crippen LogP contribution in [0.2, 0.25) is 0 Å². The van der Waals surface area contributed by atoms with Crippen molar-refractivity contribution in [3.63, 3.8) is 0 Å². The summed E-state index contributed by atoms with van der Waals surface area (Å²) in [6.07, 6.45) is 0.222. The van der Waals surface area contributed by atoms with Crippen LogP contribution in [0.5, 0.6) is 5.75 Å². The molecule has 0 saturated heterocycles. The van der Waals surface area contributed by atoms with Gasteiger partial charge in [0.2, 0.25) is 0 Å². The second-order valence-corrected chi connectivity index (χ2v) is 3.82. The van der Waals surface area contributed by atoms with Gasteiger partial charge in [-0.05, 0) is 19.1 Å². The number of nitrogens with zero attached hydrogens (tertiary/aromatic N) is 1. The Hall–Kier alpha value is -2.22. The van der Waals surface area contributed by atoms with Gasteiger partial charge in [-0.25, -0.2) is 0 Å². The molecule has 0 aromatic heterocycles. The highest BCUT2D eigenvalue weighted by atomic mass is 16.5. The molecule has 0 heterocycles. The minimum atomic E-state index is -0.302. The third-order valence-electron chi connectivity index (χ3n) is 2.46. The molecule has 0 amide bonds. The number of esters is 1. The molecule has 5 heteroatoms. The number of ether oxygens (including phenoxy) is 2. The number of para-hydroxylation sites is 1. The summed E-state index contributed by atoms with van der Waals surface area (Å²) in [6.45, 7) is 1.84. The molecule has 0 aliphatic rings. The Morgan fingerprint density at radius 2 is 2.22 bits per heavy atom. The Bertz CT molecular complexity index is 466. The van der Waals surface area contributed by atoms with Gasteiger partial charge in [-0.1, -0.05) is 6.07 Å². The Labute approximate surface area is 106 Å². The van der Waals surface area contributed by atoms with Gasteiger partial charge in [0.25, 0.3) is 0 Å². The molecule has 0 fully saturated rings. The lowest BCUT2D eigenvalue weighted by atomic mass is 10.1. The van der Waals surface area contributed by atoms with E-state index in [4.69, 9.17) is 10.00 Å². The maximum absolute atomic E-state index is 11.2. The quantitative estimate of drug-likeness (QED) is 0.806. The monoisotopic (exact) mass is 248 g/mol. The van der Waals surface area contributed by atoms with E-state index in [2.05, 4.69) is 16.1 Å². The molecule has 5 nitrogen and oxygen atoms in total. The van der Waals surface area contributed by atoms with Gasteiger partial charge in [0, 0.05) is 6.04 Å². The Kier molecular flexibility index (Phi) is 5.00. The van der Waals surface area contributed by atoms with Crippen LogP contribution in [0.3, 0.4) is 0 Å². The van der Waals surface area contributed by atoms with E-state index < -0.39 is 0 Å². The van der Waals surface area contributed by atoms with Crippen LogP contribution in [0.25, 0.3) is 0 Å². The van der Waals surface area contributed by atoms with Gasteiger partial charge in [-0.15, -0.1) is 0 Å². The van der Waals surface area contributed by atoms with E-state index in [9.17, 15) is 4.79 Å². The first-order chi connectivity index (χ1) is 8.62. The van der Waals surface area contributed by atoms with Crippen LogP contribution in [0.4, 0.5) is 5.69 Å². The molecule has 1 N–H and O–H groups in total. The van der Waals surface area contributed by atoms with Crippen LogP contribution < -0.4 is 10.1 Å². The predicted octanol–water partition coefficient (Wildman–Crippen LogP) is 1.93. The molecule has 1 atom stereocenters. The molecule has 0 spiro atoms. The molecule has 1 unspecified atom stereocenters. The number of benzene rings is 1. The summed E-state index contributed by atoms with van der Waals surface area (Å²) in [5.41, 5.74) is 1.07. The van der Waals surface area contributed by atoms with E-state index in [1.807, 2.05) is 6.92 Å². The van der Waals surface area contributed by atoms with Crippen LogP contribution in [0.1, 0.15) is 18.9 Å². The standard InChI is InChI=1S/C13H16N2O3/c1-9(7-12(16)18-3)15-13-10(8-14)5-4-6-11(13)17-2/h4-6,9,15H,7H2,1-3H3. The van der Waals surface area contributed by atoms with Crippen LogP contribution in [0.15, 0.2) is 18.2 Å².